The average molecular weight is 363 g/mol. The lowest BCUT2D eigenvalue weighted by Gasteiger charge is -2.44. The Bertz CT molecular complexity index is 637. The van der Waals surface area contributed by atoms with E-state index in [4.69, 9.17) is 0 Å². The minimum Gasteiger partial charge on any atom is -0.353 e. The van der Waals surface area contributed by atoms with E-state index in [0.717, 1.165) is 31.9 Å². The summed E-state index contributed by atoms with van der Waals surface area (Å²) in [6.07, 6.45) is 2.73. The highest BCUT2D eigenvalue weighted by Gasteiger charge is 2.44. The summed E-state index contributed by atoms with van der Waals surface area (Å²) in [6, 6.07) is 4.02. The van der Waals surface area contributed by atoms with Crippen molar-refractivity contribution in [3.05, 3.63) is 24.0 Å². The zero-order valence-corrected chi connectivity index (χ0v) is 13.5. The van der Waals surface area contributed by atoms with Crippen molar-refractivity contribution in [2.24, 2.45) is 0 Å². The fourth-order valence-corrected chi connectivity index (χ4v) is 5.70. The zero-order valence-electron chi connectivity index (χ0n) is 11.1. The second-order valence-corrected chi connectivity index (χ2v) is 8.39. The van der Waals surface area contributed by atoms with Crippen LogP contribution in [0.5, 0.6) is 0 Å². The number of nitrogens with zero attached hydrogens (tertiary/aromatic N) is 2. The number of alkyl halides is 1. The van der Waals surface area contributed by atoms with Crippen LogP contribution in [0.3, 0.4) is 0 Å². The Morgan fingerprint density at radius 3 is 2.85 bits per heavy atom. The second kappa shape index (κ2) is 4.96. The molecule has 20 heavy (non-hydrogen) atoms. The molecule has 0 aromatic heterocycles. The number of benzene rings is 1. The van der Waals surface area contributed by atoms with Gasteiger partial charge in [-0.3, -0.25) is 0 Å². The lowest BCUT2D eigenvalue weighted by molar-refractivity contribution is 0.340. The van der Waals surface area contributed by atoms with Gasteiger partial charge in [0.2, 0.25) is 10.0 Å². The van der Waals surface area contributed by atoms with Crippen molar-refractivity contribution < 1.29 is 12.8 Å². The van der Waals surface area contributed by atoms with Gasteiger partial charge in [0, 0.05) is 18.4 Å². The molecule has 110 valence electrons. The van der Waals surface area contributed by atoms with Crippen LogP contribution in [0.4, 0.5) is 10.1 Å². The topological polar surface area (TPSA) is 40.6 Å². The Balaban J connectivity index is 2.22. The molecule has 2 aliphatic heterocycles. The van der Waals surface area contributed by atoms with Crippen molar-refractivity contribution in [2.45, 2.75) is 35.2 Å². The SMILES string of the molecule is CN1[C@@H]2[C@@H](Br)CCCCN2c2ccc(F)cc2S1(=O)=O. The molecule has 0 amide bonds. The first-order valence-electron chi connectivity index (χ1n) is 6.61. The van der Waals surface area contributed by atoms with Crippen LogP contribution in [-0.2, 0) is 10.0 Å². The standard InChI is InChI=1S/C13H16BrFN2O2S/c1-16-13-10(14)4-2-3-7-17(13)11-6-5-9(15)8-12(11)20(16,18)19/h5-6,8,10,13H,2-4,7H2,1H3/t10-,13-/m0/s1. The van der Waals surface area contributed by atoms with Crippen LogP contribution >= 0.6 is 15.9 Å². The molecule has 4 nitrogen and oxygen atoms in total. The molecule has 1 aromatic carbocycles. The van der Waals surface area contributed by atoms with Gasteiger partial charge in [-0.25, -0.2) is 12.8 Å². The molecular weight excluding hydrogens is 347 g/mol. The summed E-state index contributed by atoms with van der Waals surface area (Å²) >= 11 is 3.62. The number of rotatable bonds is 0. The van der Waals surface area contributed by atoms with Crippen molar-refractivity contribution in [3.63, 3.8) is 0 Å². The summed E-state index contributed by atoms with van der Waals surface area (Å²) in [5, 5.41) is 0. The van der Waals surface area contributed by atoms with Gasteiger partial charge in [-0.2, -0.15) is 4.31 Å². The monoisotopic (exact) mass is 362 g/mol. The van der Waals surface area contributed by atoms with Crippen LogP contribution in [-0.4, -0.2) is 37.3 Å². The number of fused-ring (bicyclic) bond motifs is 3. The highest BCUT2D eigenvalue weighted by atomic mass is 79.9. The molecule has 0 aliphatic carbocycles. The molecule has 1 saturated heterocycles. The van der Waals surface area contributed by atoms with Gasteiger partial charge in [-0.05, 0) is 31.0 Å². The third-order valence-corrected chi connectivity index (χ3v) is 6.82. The maximum absolute atomic E-state index is 13.4. The molecular formula is C13H16BrFN2O2S. The Morgan fingerprint density at radius 2 is 2.10 bits per heavy atom. The maximum Gasteiger partial charge on any atom is 0.246 e. The van der Waals surface area contributed by atoms with Crippen LogP contribution in [0.2, 0.25) is 0 Å². The Kier molecular flexibility index (Phi) is 3.54. The van der Waals surface area contributed by atoms with Gasteiger partial charge in [0.25, 0.3) is 0 Å². The Labute approximate surface area is 126 Å². The average Bonchev–Trinajstić information content (AvgIpc) is 2.58. The summed E-state index contributed by atoms with van der Waals surface area (Å²) in [4.78, 5) is 2.21. The number of anilines is 1. The molecule has 0 bridgehead atoms. The second-order valence-electron chi connectivity index (χ2n) is 5.25. The van der Waals surface area contributed by atoms with Crippen LogP contribution in [0.25, 0.3) is 0 Å². The van der Waals surface area contributed by atoms with Crippen molar-refractivity contribution in [1.82, 2.24) is 4.31 Å². The predicted molar refractivity (Wildman–Crippen MR) is 79.0 cm³/mol. The fraction of sp³-hybridized carbons (Fsp3) is 0.538. The van der Waals surface area contributed by atoms with Crippen LogP contribution in [0, 0.1) is 5.82 Å². The number of halogens is 2. The van der Waals surface area contributed by atoms with E-state index in [1.54, 1.807) is 13.1 Å². The van der Waals surface area contributed by atoms with Crippen LogP contribution < -0.4 is 4.90 Å². The van der Waals surface area contributed by atoms with E-state index < -0.39 is 15.8 Å². The summed E-state index contributed by atoms with van der Waals surface area (Å²) in [6.45, 7) is 0.783. The Morgan fingerprint density at radius 1 is 1.35 bits per heavy atom. The number of hydrogen-bond donors (Lipinski definition) is 0. The molecule has 2 heterocycles. The van der Waals surface area contributed by atoms with E-state index in [0.29, 0.717) is 5.69 Å². The summed E-state index contributed by atoms with van der Waals surface area (Å²) in [7, 11) is -2.07. The molecule has 0 radical (unpaired) electrons. The lowest BCUT2D eigenvalue weighted by atomic mass is 10.2. The summed E-state index contributed by atoms with van der Waals surface area (Å²) in [5.41, 5.74) is 0.612. The smallest absolute Gasteiger partial charge is 0.246 e. The van der Waals surface area contributed by atoms with Crippen molar-refractivity contribution >= 4 is 31.6 Å². The molecule has 7 heteroatoms. The number of sulfonamides is 1. The van der Waals surface area contributed by atoms with Crippen molar-refractivity contribution in [2.75, 3.05) is 18.5 Å². The van der Waals surface area contributed by atoms with Gasteiger partial charge in [0.05, 0.1) is 5.69 Å². The molecule has 2 atom stereocenters. The first-order chi connectivity index (χ1) is 9.43. The highest BCUT2D eigenvalue weighted by molar-refractivity contribution is 9.09. The van der Waals surface area contributed by atoms with Crippen LogP contribution in [0.1, 0.15) is 19.3 Å². The molecule has 0 saturated carbocycles. The van der Waals surface area contributed by atoms with E-state index in [9.17, 15) is 12.8 Å². The largest absolute Gasteiger partial charge is 0.353 e. The third-order valence-electron chi connectivity index (χ3n) is 4.03. The maximum atomic E-state index is 13.4. The van der Waals surface area contributed by atoms with Crippen LogP contribution in [0.15, 0.2) is 23.1 Å². The highest BCUT2D eigenvalue weighted by Crippen LogP contribution is 2.40. The molecule has 1 aromatic rings. The van der Waals surface area contributed by atoms with E-state index >= 15 is 0 Å². The molecule has 3 rings (SSSR count). The normalized spacial score (nSPS) is 29.4. The van der Waals surface area contributed by atoms with Gasteiger partial charge in [-0.15, -0.1) is 0 Å². The van der Waals surface area contributed by atoms with Gasteiger partial charge in [-0.1, -0.05) is 22.4 Å². The van der Waals surface area contributed by atoms with E-state index in [-0.39, 0.29) is 15.9 Å². The van der Waals surface area contributed by atoms with Gasteiger partial charge in [0.1, 0.15) is 16.9 Å². The lowest BCUT2D eigenvalue weighted by Crippen LogP contribution is -2.56. The van der Waals surface area contributed by atoms with Gasteiger partial charge < -0.3 is 4.90 Å². The molecule has 2 aliphatic rings. The van der Waals surface area contributed by atoms with E-state index in [2.05, 4.69) is 20.8 Å². The minimum absolute atomic E-state index is 0.0675. The first-order valence-corrected chi connectivity index (χ1v) is 8.97. The third kappa shape index (κ3) is 2.07. The summed E-state index contributed by atoms with van der Waals surface area (Å²) < 4.78 is 40.0. The zero-order chi connectivity index (χ0) is 14.5. The molecule has 0 N–H and O–H groups in total. The summed E-state index contributed by atoms with van der Waals surface area (Å²) in [5.74, 6) is -0.524. The molecule has 0 unspecified atom stereocenters. The van der Waals surface area contributed by atoms with Crippen molar-refractivity contribution in [1.29, 1.82) is 0 Å². The quantitative estimate of drug-likeness (QED) is 0.666. The number of hydrogen-bond acceptors (Lipinski definition) is 3. The molecule has 1 fully saturated rings. The minimum atomic E-state index is -3.64. The molecule has 0 spiro atoms. The first kappa shape index (κ1) is 14.3. The van der Waals surface area contributed by atoms with Gasteiger partial charge >= 0.3 is 0 Å². The predicted octanol–water partition coefficient (Wildman–Crippen LogP) is 2.54. The van der Waals surface area contributed by atoms with Crippen molar-refractivity contribution in [3.8, 4) is 0 Å². The van der Waals surface area contributed by atoms with Gasteiger partial charge in [0.15, 0.2) is 0 Å². The fourth-order valence-electron chi connectivity index (χ4n) is 3.01. The van der Waals surface area contributed by atoms with E-state index in [1.807, 2.05) is 0 Å². The van der Waals surface area contributed by atoms with E-state index in [1.165, 1.54) is 10.4 Å². The Hall–Kier alpha value is -0.660.